The van der Waals surface area contributed by atoms with Crippen LogP contribution in [-0.4, -0.2) is 17.1 Å². The second-order valence-corrected chi connectivity index (χ2v) is 3.64. The molecule has 0 fully saturated rings. The fraction of sp³-hybridized carbons (Fsp3) is 0.231. The second-order valence-electron chi connectivity index (χ2n) is 3.64. The van der Waals surface area contributed by atoms with Crippen LogP contribution in [0.1, 0.15) is 12.7 Å². The average molecular weight is 246 g/mol. The number of nitrogens with zero attached hydrogens (tertiary/aromatic N) is 1. The largest absolute Gasteiger partial charge is 0.493 e. The molecule has 94 valence electrons. The highest BCUT2D eigenvalue weighted by Crippen LogP contribution is 2.29. The topological polar surface area (TPSA) is 64.2 Å². The third-order valence-corrected chi connectivity index (χ3v) is 2.39. The second kappa shape index (κ2) is 5.35. The summed E-state index contributed by atoms with van der Waals surface area (Å²) in [5.41, 5.74) is -0.230. The number of ether oxygens (including phenoxy) is 2. The van der Waals surface area contributed by atoms with Gasteiger partial charge in [0, 0.05) is 6.42 Å². The first-order valence-corrected chi connectivity index (χ1v) is 5.64. The Bertz CT molecular complexity index is 593. The molecule has 5 heteroatoms. The monoisotopic (exact) mass is 246 g/mol. The summed E-state index contributed by atoms with van der Waals surface area (Å²) < 4.78 is 10.7. The Labute approximate surface area is 104 Å². The highest BCUT2D eigenvalue weighted by molar-refractivity contribution is 5.41. The summed E-state index contributed by atoms with van der Waals surface area (Å²) in [7, 11) is 1.56. The number of hydrogen-bond donors (Lipinski definition) is 1. The number of H-pyrrole nitrogens is 1. The van der Waals surface area contributed by atoms with E-state index in [-0.39, 0.29) is 11.4 Å². The molecule has 0 unspecified atom stereocenters. The Balaban J connectivity index is 2.33. The van der Waals surface area contributed by atoms with Crippen molar-refractivity contribution in [2.75, 3.05) is 7.11 Å². The van der Waals surface area contributed by atoms with E-state index in [4.69, 9.17) is 9.47 Å². The minimum Gasteiger partial charge on any atom is -0.493 e. The number of nitrogens with one attached hydrogen (secondary N) is 1. The lowest BCUT2D eigenvalue weighted by atomic mass is 10.3. The molecule has 1 N–H and O–H groups in total. The predicted octanol–water partition coefficient (Wildman–Crippen LogP) is 2.13. The zero-order chi connectivity index (χ0) is 13.0. The fourth-order valence-corrected chi connectivity index (χ4v) is 1.52. The molecule has 0 atom stereocenters. The van der Waals surface area contributed by atoms with Gasteiger partial charge in [-0.25, -0.2) is 0 Å². The SMILES string of the molecule is CCc1nc(Oc2ccccc2OC)cc(=O)[nH]1. The van der Waals surface area contributed by atoms with Crippen molar-refractivity contribution in [2.24, 2.45) is 0 Å². The van der Waals surface area contributed by atoms with Crippen molar-refractivity contribution in [3.8, 4) is 17.4 Å². The molecule has 5 nitrogen and oxygen atoms in total. The van der Waals surface area contributed by atoms with Crippen molar-refractivity contribution in [2.45, 2.75) is 13.3 Å². The number of hydrogen-bond acceptors (Lipinski definition) is 4. The van der Waals surface area contributed by atoms with Crippen LogP contribution in [-0.2, 0) is 6.42 Å². The zero-order valence-electron chi connectivity index (χ0n) is 10.3. The molecule has 0 radical (unpaired) electrons. The van der Waals surface area contributed by atoms with Gasteiger partial charge in [0.05, 0.1) is 13.2 Å². The van der Waals surface area contributed by atoms with Gasteiger partial charge in [0.25, 0.3) is 5.56 Å². The van der Waals surface area contributed by atoms with Crippen LogP contribution in [0.15, 0.2) is 35.1 Å². The lowest BCUT2D eigenvalue weighted by Gasteiger charge is -2.09. The molecule has 0 spiro atoms. The van der Waals surface area contributed by atoms with Crippen molar-refractivity contribution in [3.05, 3.63) is 46.5 Å². The van der Waals surface area contributed by atoms with Crippen LogP contribution in [0, 0.1) is 0 Å². The van der Waals surface area contributed by atoms with Gasteiger partial charge in [0.1, 0.15) is 5.82 Å². The number of aromatic nitrogens is 2. The van der Waals surface area contributed by atoms with E-state index in [1.807, 2.05) is 19.1 Å². The third-order valence-electron chi connectivity index (χ3n) is 2.39. The van der Waals surface area contributed by atoms with Crippen molar-refractivity contribution in [1.29, 1.82) is 0 Å². The lowest BCUT2D eigenvalue weighted by molar-refractivity contribution is 0.373. The molecule has 0 bridgehead atoms. The molecule has 1 aromatic carbocycles. The van der Waals surface area contributed by atoms with Gasteiger partial charge in [-0.1, -0.05) is 19.1 Å². The molecule has 0 aliphatic rings. The van der Waals surface area contributed by atoms with Gasteiger partial charge in [-0.15, -0.1) is 0 Å². The van der Waals surface area contributed by atoms with Crippen molar-refractivity contribution >= 4 is 0 Å². The van der Waals surface area contributed by atoms with E-state index in [1.54, 1.807) is 19.2 Å². The van der Waals surface area contributed by atoms with Gasteiger partial charge in [-0.2, -0.15) is 4.98 Å². The third kappa shape index (κ3) is 2.68. The molecule has 0 amide bonds. The first-order valence-electron chi connectivity index (χ1n) is 5.64. The van der Waals surface area contributed by atoms with Crippen LogP contribution in [0.3, 0.4) is 0 Å². The minimum atomic E-state index is -0.230. The Morgan fingerprint density at radius 3 is 2.67 bits per heavy atom. The highest BCUT2D eigenvalue weighted by Gasteiger charge is 2.06. The molecule has 0 saturated heterocycles. The molecule has 2 rings (SSSR count). The minimum absolute atomic E-state index is 0.230. The number of methoxy groups -OCH3 is 1. The summed E-state index contributed by atoms with van der Waals surface area (Å²) >= 11 is 0. The predicted molar refractivity (Wildman–Crippen MR) is 67.3 cm³/mol. The maximum atomic E-state index is 11.4. The first-order chi connectivity index (χ1) is 8.72. The Morgan fingerprint density at radius 1 is 1.28 bits per heavy atom. The number of para-hydroxylation sites is 2. The molecule has 1 heterocycles. The van der Waals surface area contributed by atoms with Gasteiger partial charge >= 0.3 is 0 Å². The Kier molecular flexibility index (Phi) is 3.62. The van der Waals surface area contributed by atoms with E-state index in [0.29, 0.717) is 23.7 Å². The molecular formula is C13H14N2O3. The van der Waals surface area contributed by atoms with Crippen molar-refractivity contribution < 1.29 is 9.47 Å². The maximum Gasteiger partial charge on any atom is 0.254 e. The number of aromatic amines is 1. The standard InChI is InChI=1S/C13H14N2O3/c1-3-11-14-12(16)8-13(15-11)18-10-7-5-4-6-9(10)17-2/h4-8H,3H2,1-2H3,(H,14,15,16). The van der Waals surface area contributed by atoms with E-state index >= 15 is 0 Å². The van der Waals surface area contributed by atoms with E-state index in [2.05, 4.69) is 9.97 Å². The summed E-state index contributed by atoms with van der Waals surface area (Å²) in [6.45, 7) is 1.91. The summed E-state index contributed by atoms with van der Waals surface area (Å²) in [6.07, 6.45) is 0.637. The van der Waals surface area contributed by atoms with Gasteiger partial charge in [-0.05, 0) is 12.1 Å². The molecular weight excluding hydrogens is 232 g/mol. The van der Waals surface area contributed by atoms with Gasteiger partial charge in [0.15, 0.2) is 11.5 Å². The quantitative estimate of drug-likeness (QED) is 0.897. The van der Waals surface area contributed by atoms with Crippen LogP contribution >= 0.6 is 0 Å². The van der Waals surface area contributed by atoms with Crippen molar-refractivity contribution in [1.82, 2.24) is 9.97 Å². The highest BCUT2D eigenvalue weighted by atomic mass is 16.5. The summed E-state index contributed by atoms with van der Waals surface area (Å²) in [4.78, 5) is 18.2. The van der Waals surface area contributed by atoms with Gasteiger partial charge < -0.3 is 14.5 Å². The van der Waals surface area contributed by atoms with Gasteiger partial charge in [0.2, 0.25) is 5.88 Å². The number of rotatable bonds is 4. The maximum absolute atomic E-state index is 11.4. The normalized spacial score (nSPS) is 10.1. The number of aryl methyl sites for hydroxylation is 1. The molecule has 0 aliphatic carbocycles. The van der Waals surface area contributed by atoms with Crippen LogP contribution in [0.4, 0.5) is 0 Å². The van der Waals surface area contributed by atoms with E-state index in [1.165, 1.54) is 6.07 Å². The van der Waals surface area contributed by atoms with Crippen LogP contribution in [0.2, 0.25) is 0 Å². The Hall–Kier alpha value is -2.30. The molecule has 2 aromatic rings. The number of benzene rings is 1. The van der Waals surface area contributed by atoms with E-state index in [0.717, 1.165) is 0 Å². The summed E-state index contributed by atoms with van der Waals surface area (Å²) in [5.74, 6) is 1.98. The summed E-state index contributed by atoms with van der Waals surface area (Å²) in [5, 5.41) is 0. The smallest absolute Gasteiger partial charge is 0.254 e. The van der Waals surface area contributed by atoms with Gasteiger partial charge in [-0.3, -0.25) is 4.79 Å². The fourth-order valence-electron chi connectivity index (χ4n) is 1.52. The first kappa shape index (κ1) is 12.2. The molecule has 0 saturated carbocycles. The van der Waals surface area contributed by atoms with Crippen molar-refractivity contribution in [3.63, 3.8) is 0 Å². The average Bonchev–Trinajstić information content (AvgIpc) is 2.38. The zero-order valence-corrected chi connectivity index (χ0v) is 10.3. The lowest BCUT2D eigenvalue weighted by Crippen LogP contribution is -2.10. The molecule has 1 aromatic heterocycles. The molecule has 18 heavy (non-hydrogen) atoms. The van der Waals surface area contributed by atoms with E-state index < -0.39 is 0 Å². The van der Waals surface area contributed by atoms with Crippen LogP contribution in [0.5, 0.6) is 17.4 Å². The van der Waals surface area contributed by atoms with E-state index in [9.17, 15) is 4.79 Å². The molecule has 0 aliphatic heterocycles. The summed E-state index contributed by atoms with van der Waals surface area (Å²) in [6, 6.07) is 8.52. The van der Waals surface area contributed by atoms with Crippen LogP contribution in [0.25, 0.3) is 0 Å². The van der Waals surface area contributed by atoms with Crippen LogP contribution < -0.4 is 15.0 Å². The Morgan fingerprint density at radius 2 is 2.00 bits per heavy atom.